The Kier molecular flexibility index (Phi) is 12.8. The average molecular weight is 450 g/mol. The van der Waals surface area contributed by atoms with Crippen molar-refractivity contribution in [3.63, 3.8) is 0 Å². The molecule has 0 atom stereocenters. The van der Waals surface area contributed by atoms with Crippen molar-refractivity contribution >= 4 is 33.8 Å². The third-order valence-corrected chi connectivity index (χ3v) is 18.4. The molecule has 0 N–H and O–H groups in total. The number of hydrogen-bond donors (Lipinski definition) is 0. The monoisotopic (exact) mass is 449 g/mol. The van der Waals surface area contributed by atoms with Gasteiger partial charge in [-0.25, -0.2) is 0 Å². The van der Waals surface area contributed by atoms with Gasteiger partial charge in [-0.2, -0.15) is 0 Å². The molecule has 0 saturated carbocycles. The normalized spacial score (nSPS) is 14.0. The highest BCUT2D eigenvalue weighted by molar-refractivity contribution is 6.89. The summed E-state index contributed by atoms with van der Waals surface area (Å²) in [5, 5.41) is 0. The molecule has 27 heavy (non-hydrogen) atoms. The lowest BCUT2D eigenvalue weighted by Crippen LogP contribution is -2.55. The largest absolute Gasteiger partial charge is 0.437 e. The van der Waals surface area contributed by atoms with Gasteiger partial charge in [0, 0.05) is 0 Å². The molecule has 7 heteroatoms. The van der Waals surface area contributed by atoms with Crippen molar-refractivity contribution in [1.29, 1.82) is 0 Å². The summed E-state index contributed by atoms with van der Waals surface area (Å²) in [5.41, 5.74) is 0. The van der Waals surface area contributed by atoms with Crippen LogP contribution in [0.15, 0.2) is 0 Å². The molecule has 0 aliphatic carbocycles. The number of hydrogen-bond acceptors (Lipinski definition) is 3. The lowest BCUT2D eigenvalue weighted by molar-refractivity contribution is 0.329. The van der Waals surface area contributed by atoms with Gasteiger partial charge in [0.15, 0.2) is 16.6 Å². The van der Waals surface area contributed by atoms with Gasteiger partial charge in [0.05, 0.1) is 0 Å². The van der Waals surface area contributed by atoms with Gasteiger partial charge in [0.25, 0.3) is 0 Å². The van der Waals surface area contributed by atoms with Crippen LogP contribution in [0.1, 0.15) is 57.8 Å². The standard InChI is InChI=1S/C20H49O3Si4/c1-11-12-13-14-15-16-17-18-19-20-25(5,6)22-27(9,10)23-26(7,8)21-24(2,3)4/h1,11-20H2,2-10H3. The summed E-state index contributed by atoms with van der Waals surface area (Å²) in [7, 11) is -7.53. The molecule has 0 rings (SSSR count). The molecule has 0 spiro atoms. The van der Waals surface area contributed by atoms with Crippen LogP contribution in [-0.4, -0.2) is 33.8 Å². The second-order valence-corrected chi connectivity index (χ2v) is 26.7. The smallest absolute Gasteiger partial charge is 0.312 e. The lowest BCUT2D eigenvalue weighted by Gasteiger charge is -2.40. The summed E-state index contributed by atoms with van der Waals surface area (Å²) in [6.07, 6.45) is 11.9. The van der Waals surface area contributed by atoms with Crippen molar-refractivity contribution in [2.45, 2.75) is 123 Å². The maximum absolute atomic E-state index is 6.67. The van der Waals surface area contributed by atoms with Crippen molar-refractivity contribution in [2.24, 2.45) is 0 Å². The third kappa shape index (κ3) is 17.3. The first-order valence-corrected chi connectivity index (χ1v) is 23.2. The van der Waals surface area contributed by atoms with Crippen LogP contribution in [0, 0.1) is 6.92 Å². The summed E-state index contributed by atoms with van der Waals surface area (Å²) in [4.78, 5) is 0. The van der Waals surface area contributed by atoms with E-state index >= 15 is 0 Å². The molecule has 0 aromatic carbocycles. The lowest BCUT2D eigenvalue weighted by atomic mass is 10.1. The maximum atomic E-state index is 6.67. The Labute approximate surface area is 175 Å². The zero-order valence-corrected chi connectivity index (χ0v) is 24.0. The minimum Gasteiger partial charge on any atom is -0.437 e. The minimum atomic E-state index is -2.15. The van der Waals surface area contributed by atoms with Crippen molar-refractivity contribution in [1.82, 2.24) is 0 Å². The van der Waals surface area contributed by atoms with Crippen LogP contribution in [0.25, 0.3) is 0 Å². The van der Waals surface area contributed by atoms with E-state index in [2.05, 4.69) is 65.8 Å². The van der Waals surface area contributed by atoms with Crippen LogP contribution in [0.2, 0.25) is 65.0 Å². The van der Waals surface area contributed by atoms with Gasteiger partial charge < -0.3 is 12.3 Å². The molecular weight excluding hydrogens is 401 g/mol. The Morgan fingerprint density at radius 1 is 0.519 bits per heavy atom. The van der Waals surface area contributed by atoms with E-state index in [0.29, 0.717) is 0 Å². The molecule has 0 unspecified atom stereocenters. The van der Waals surface area contributed by atoms with E-state index in [1.165, 1.54) is 57.4 Å². The first-order chi connectivity index (χ1) is 12.2. The highest BCUT2D eigenvalue weighted by atomic mass is 28.5. The number of rotatable bonds is 16. The van der Waals surface area contributed by atoms with Crippen molar-refractivity contribution in [3.05, 3.63) is 6.92 Å². The summed E-state index contributed by atoms with van der Waals surface area (Å²) < 4.78 is 19.6. The molecule has 0 amide bonds. The first kappa shape index (κ1) is 27.7. The molecule has 0 bridgehead atoms. The first-order valence-electron chi connectivity index (χ1n) is 11.1. The van der Waals surface area contributed by atoms with E-state index in [1.54, 1.807) is 0 Å². The molecule has 0 heterocycles. The van der Waals surface area contributed by atoms with Crippen LogP contribution in [-0.2, 0) is 12.3 Å². The van der Waals surface area contributed by atoms with Crippen LogP contribution >= 0.6 is 0 Å². The fourth-order valence-electron chi connectivity index (χ4n) is 3.88. The van der Waals surface area contributed by atoms with E-state index in [9.17, 15) is 0 Å². The molecule has 0 fully saturated rings. The Balaban J connectivity index is 4.17. The van der Waals surface area contributed by atoms with E-state index < -0.39 is 33.8 Å². The zero-order valence-electron chi connectivity index (χ0n) is 20.0. The van der Waals surface area contributed by atoms with Gasteiger partial charge >= 0.3 is 17.1 Å². The van der Waals surface area contributed by atoms with Gasteiger partial charge in [-0.3, -0.25) is 0 Å². The average Bonchev–Trinajstić information content (AvgIpc) is 2.39. The topological polar surface area (TPSA) is 27.7 Å². The Morgan fingerprint density at radius 2 is 0.926 bits per heavy atom. The van der Waals surface area contributed by atoms with Gasteiger partial charge in [-0.15, -0.1) is 0 Å². The minimum absolute atomic E-state index is 1.09. The third-order valence-electron chi connectivity index (χ3n) is 4.34. The van der Waals surface area contributed by atoms with Gasteiger partial charge in [0.1, 0.15) is 0 Å². The Hall–Kier alpha value is 0.748. The molecule has 163 valence electrons. The predicted molar refractivity (Wildman–Crippen MR) is 131 cm³/mol. The van der Waals surface area contributed by atoms with Gasteiger partial charge in [-0.1, -0.05) is 64.7 Å². The van der Waals surface area contributed by atoms with Crippen LogP contribution in [0.4, 0.5) is 0 Å². The Bertz CT molecular complexity index is 393. The highest BCUT2D eigenvalue weighted by Crippen LogP contribution is 2.26. The summed E-state index contributed by atoms with van der Waals surface area (Å²) in [6.45, 7) is 24.1. The highest BCUT2D eigenvalue weighted by Gasteiger charge is 2.42. The fourth-order valence-corrected chi connectivity index (χ4v) is 22.4. The van der Waals surface area contributed by atoms with Crippen molar-refractivity contribution in [2.75, 3.05) is 0 Å². The summed E-state index contributed by atoms with van der Waals surface area (Å²) in [5.74, 6) is 0. The molecule has 0 aromatic heterocycles. The summed E-state index contributed by atoms with van der Waals surface area (Å²) >= 11 is 0. The number of unbranched alkanes of at least 4 members (excludes halogenated alkanes) is 8. The van der Waals surface area contributed by atoms with Crippen molar-refractivity contribution < 1.29 is 12.3 Å². The quantitative estimate of drug-likeness (QED) is 0.177. The van der Waals surface area contributed by atoms with Crippen LogP contribution in [0.5, 0.6) is 0 Å². The van der Waals surface area contributed by atoms with E-state index in [4.69, 9.17) is 12.3 Å². The van der Waals surface area contributed by atoms with E-state index in [0.717, 1.165) is 6.42 Å². The van der Waals surface area contributed by atoms with Crippen LogP contribution in [0.3, 0.4) is 0 Å². The molecular formula is C20H49O3Si4. The zero-order chi connectivity index (χ0) is 21.2. The molecule has 3 nitrogen and oxygen atoms in total. The molecule has 1 radical (unpaired) electrons. The summed E-state index contributed by atoms with van der Waals surface area (Å²) in [6, 6.07) is 1.24. The molecule has 0 saturated heterocycles. The second kappa shape index (κ2) is 12.4. The molecule has 0 aromatic rings. The second-order valence-electron chi connectivity index (χ2n) is 10.4. The molecule has 0 aliphatic heterocycles. The van der Waals surface area contributed by atoms with Crippen molar-refractivity contribution in [3.8, 4) is 0 Å². The molecule has 0 aliphatic rings. The SMILES string of the molecule is [CH2]CCCCCCCCCC[Si](C)(C)O[Si](C)(C)O[Si](C)(C)O[Si](C)(C)C. The Morgan fingerprint density at radius 3 is 1.37 bits per heavy atom. The van der Waals surface area contributed by atoms with Crippen LogP contribution < -0.4 is 0 Å². The van der Waals surface area contributed by atoms with E-state index in [1.807, 2.05) is 0 Å². The predicted octanol–water partition coefficient (Wildman–Crippen LogP) is 7.82. The fraction of sp³-hybridized carbons (Fsp3) is 0.950. The van der Waals surface area contributed by atoms with Gasteiger partial charge in [-0.05, 0) is 65.0 Å². The van der Waals surface area contributed by atoms with Gasteiger partial charge in [0.2, 0.25) is 0 Å². The van der Waals surface area contributed by atoms with E-state index in [-0.39, 0.29) is 0 Å². The maximum Gasteiger partial charge on any atom is 0.312 e.